The summed E-state index contributed by atoms with van der Waals surface area (Å²) in [5.74, 6) is 1.54. The van der Waals surface area contributed by atoms with E-state index in [9.17, 15) is 4.79 Å². The zero-order valence-corrected chi connectivity index (χ0v) is 14.3. The van der Waals surface area contributed by atoms with E-state index in [2.05, 4.69) is 20.6 Å². The summed E-state index contributed by atoms with van der Waals surface area (Å²) in [6, 6.07) is 10.6. The smallest absolute Gasteiger partial charge is 0.318 e. The predicted molar refractivity (Wildman–Crippen MR) is 89.4 cm³/mol. The maximum Gasteiger partial charge on any atom is 0.318 e. The topological polar surface area (TPSA) is 97.3 Å². The highest BCUT2D eigenvalue weighted by atomic mass is 16.5. The molecule has 3 aromatic rings. The first-order chi connectivity index (χ1) is 12.0. The second-order valence-electron chi connectivity index (χ2n) is 5.78. The summed E-state index contributed by atoms with van der Waals surface area (Å²) in [4.78, 5) is 18.1. The Balaban J connectivity index is 1.60. The molecule has 25 heavy (non-hydrogen) atoms. The normalized spacial score (nSPS) is 12.0. The number of aromatic nitrogens is 3. The van der Waals surface area contributed by atoms with Crippen molar-refractivity contribution < 1.29 is 13.8 Å². The van der Waals surface area contributed by atoms with Gasteiger partial charge >= 0.3 is 6.03 Å². The Morgan fingerprint density at radius 1 is 1.24 bits per heavy atom. The highest BCUT2D eigenvalue weighted by molar-refractivity contribution is 5.74. The summed E-state index contributed by atoms with van der Waals surface area (Å²) in [5, 5.41) is 10.7. The molecule has 0 unspecified atom stereocenters. The van der Waals surface area contributed by atoms with Gasteiger partial charge in [-0.1, -0.05) is 28.5 Å². The number of amides is 2. The minimum Gasteiger partial charge on any atom is -0.361 e. The van der Waals surface area contributed by atoms with Crippen LogP contribution in [0.3, 0.4) is 0 Å². The second-order valence-corrected chi connectivity index (χ2v) is 5.78. The van der Waals surface area contributed by atoms with E-state index >= 15 is 0 Å². The highest BCUT2D eigenvalue weighted by Gasteiger charge is 2.19. The van der Waals surface area contributed by atoms with Crippen molar-refractivity contribution >= 4 is 6.03 Å². The third-order valence-electron chi connectivity index (χ3n) is 3.61. The van der Waals surface area contributed by atoms with Crippen molar-refractivity contribution in [3.05, 3.63) is 53.7 Å². The van der Waals surface area contributed by atoms with Crippen LogP contribution in [0.25, 0.3) is 11.5 Å². The van der Waals surface area contributed by atoms with Gasteiger partial charge in [-0.15, -0.1) is 0 Å². The minimum absolute atomic E-state index is 0.265. The molecule has 8 nitrogen and oxygen atoms in total. The SMILES string of the molecule is Cc1cc(CN(C)C(=O)N[C@@H](C)c2noc(-c3ccccc3)n2)no1. The fourth-order valence-electron chi connectivity index (χ4n) is 2.28. The first-order valence-corrected chi connectivity index (χ1v) is 7.86. The van der Waals surface area contributed by atoms with E-state index in [-0.39, 0.29) is 6.03 Å². The van der Waals surface area contributed by atoms with Gasteiger partial charge in [0.25, 0.3) is 5.89 Å². The van der Waals surface area contributed by atoms with Crippen molar-refractivity contribution in [1.82, 2.24) is 25.5 Å². The molecule has 0 radical (unpaired) electrons. The number of nitrogens with zero attached hydrogens (tertiary/aromatic N) is 4. The molecule has 0 aliphatic rings. The maximum absolute atomic E-state index is 12.3. The summed E-state index contributed by atoms with van der Waals surface area (Å²) < 4.78 is 10.3. The summed E-state index contributed by atoms with van der Waals surface area (Å²) >= 11 is 0. The molecule has 0 spiro atoms. The second kappa shape index (κ2) is 7.16. The first-order valence-electron chi connectivity index (χ1n) is 7.86. The Hall–Kier alpha value is -3.16. The van der Waals surface area contributed by atoms with Gasteiger partial charge in [0.15, 0.2) is 5.82 Å². The summed E-state index contributed by atoms with van der Waals surface area (Å²) in [5.41, 5.74) is 1.52. The molecule has 0 saturated carbocycles. The van der Waals surface area contributed by atoms with Crippen LogP contribution in [0.4, 0.5) is 4.79 Å². The molecule has 8 heteroatoms. The van der Waals surface area contributed by atoms with Gasteiger partial charge in [0.2, 0.25) is 0 Å². The van der Waals surface area contributed by atoms with Gasteiger partial charge in [-0.25, -0.2) is 4.79 Å². The Bertz CT molecular complexity index is 843. The lowest BCUT2D eigenvalue weighted by Crippen LogP contribution is -2.38. The van der Waals surface area contributed by atoms with Gasteiger partial charge in [0, 0.05) is 18.7 Å². The standard InChI is InChI=1S/C17H19N5O3/c1-11-9-14(20-24-11)10-22(3)17(23)18-12(2)15-19-16(25-21-15)13-7-5-4-6-8-13/h4-9,12H,10H2,1-3H3,(H,18,23)/t12-/m0/s1. The number of urea groups is 1. The maximum atomic E-state index is 12.3. The van der Waals surface area contributed by atoms with Crippen LogP contribution in [0.1, 0.15) is 30.2 Å². The van der Waals surface area contributed by atoms with Crippen LogP contribution in [-0.4, -0.2) is 33.3 Å². The van der Waals surface area contributed by atoms with Gasteiger partial charge in [-0.2, -0.15) is 4.98 Å². The molecule has 1 N–H and O–H groups in total. The average molecular weight is 341 g/mol. The lowest BCUT2D eigenvalue weighted by Gasteiger charge is -2.18. The molecule has 1 aromatic carbocycles. The van der Waals surface area contributed by atoms with Crippen molar-refractivity contribution in [1.29, 1.82) is 0 Å². The zero-order valence-electron chi connectivity index (χ0n) is 14.3. The van der Waals surface area contributed by atoms with Gasteiger partial charge in [0.1, 0.15) is 11.5 Å². The number of carbonyl (C=O) groups is 1. The van der Waals surface area contributed by atoms with Gasteiger partial charge in [-0.05, 0) is 26.0 Å². The number of nitrogens with one attached hydrogen (secondary N) is 1. The largest absolute Gasteiger partial charge is 0.361 e. The molecular weight excluding hydrogens is 322 g/mol. The summed E-state index contributed by atoms with van der Waals surface area (Å²) in [6.45, 7) is 3.95. The number of aryl methyl sites for hydroxylation is 1. The predicted octanol–water partition coefficient (Wildman–Crippen LogP) is 2.94. The Morgan fingerprint density at radius 2 is 2.00 bits per heavy atom. The van der Waals surface area contributed by atoms with Crippen LogP contribution >= 0.6 is 0 Å². The Morgan fingerprint density at radius 3 is 2.68 bits per heavy atom. The van der Waals surface area contributed by atoms with E-state index in [1.54, 1.807) is 27.0 Å². The monoisotopic (exact) mass is 341 g/mol. The molecule has 0 bridgehead atoms. The van der Waals surface area contributed by atoms with Crippen LogP contribution in [-0.2, 0) is 6.54 Å². The summed E-state index contributed by atoms with van der Waals surface area (Å²) in [6.07, 6.45) is 0. The molecule has 0 saturated heterocycles. The van der Waals surface area contributed by atoms with Gasteiger partial charge < -0.3 is 19.3 Å². The molecule has 1 atom stereocenters. The molecule has 130 valence electrons. The molecular formula is C17H19N5O3. The van der Waals surface area contributed by atoms with Crippen LogP contribution in [0, 0.1) is 6.92 Å². The van der Waals surface area contributed by atoms with Gasteiger partial charge in [-0.3, -0.25) is 0 Å². The molecule has 2 heterocycles. The zero-order chi connectivity index (χ0) is 17.8. The average Bonchev–Trinajstić information content (AvgIpc) is 3.25. The number of rotatable bonds is 5. The van der Waals surface area contributed by atoms with Crippen molar-refractivity contribution in [3.63, 3.8) is 0 Å². The highest BCUT2D eigenvalue weighted by Crippen LogP contribution is 2.18. The molecule has 2 aromatic heterocycles. The van der Waals surface area contributed by atoms with Crippen molar-refractivity contribution in [2.45, 2.75) is 26.4 Å². The van der Waals surface area contributed by atoms with E-state index in [1.807, 2.05) is 30.3 Å². The molecule has 0 aliphatic heterocycles. The molecule has 0 fully saturated rings. The molecule has 3 rings (SSSR count). The van der Waals surface area contributed by atoms with Crippen LogP contribution in [0.15, 0.2) is 45.4 Å². The third-order valence-corrected chi connectivity index (χ3v) is 3.61. The first kappa shape index (κ1) is 16.7. The van der Waals surface area contributed by atoms with E-state index in [4.69, 9.17) is 9.05 Å². The van der Waals surface area contributed by atoms with Crippen LogP contribution in [0.5, 0.6) is 0 Å². The van der Waals surface area contributed by atoms with Crippen molar-refractivity contribution in [2.75, 3.05) is 7.05 Å². The van der Waals surface area contributed by atoms with Crippen LogP contribution in [0.2, 0.25) is 0 Å². The lowest BCUT2D eigenvalue weighted by atomic mass is 10.2. The number of hydrogen-bond acceptors (Lipinski definition) is 6. The van der Waals surface area contributed by atoms with E-state index in [0.717, 1.165) is 5.56 Å². The third kappa shape index (κ3) is 4.03. The Kier molecular flexibility index (Phi) is 4.78. The molecule has 0 aliphatic carbocycles. The minimum atomic E-state index is -0.393. The fourth-order valence-corrected chi connectivity index (χ4v) is 2.28. The number of benzene rings is 1. The molecule has 2 amide bonds. The quantitative estimate of drug-likeness (QED) is 0.766. The summed E-state index contributed by atoms with van der Waals surface area (Å²) in [7, 11) is 1.68. The Labute approximate surface area is 144 Å². The lowest BCUT2D eigenvalue weighted by molar-refractivity contribution is 0.201. The van der Waals surface area contributed by atoms with E-state index in [0.29, 0.717) is 29.7 Å². The van der Waals surface area contributed by atoms with Crippen molar-refractivity contribution in [2.24, 2.45) is 0 Å². The fraction of sp³-hybridized carbons (Fsp3) is 0.294. The van der Waals surface area contributed by atoms with E-state index in [1.165, 1.54) is 4.90 Å². The van der Waals surface area contributed by atoms with Crippen LogP contribution < -0.4 is 5.32 Å². The van der Waals surface area contributed by atoms with Gasteiger partial charge in [0.05, 0.1) is 12.6 Å². The van der Waals surface area contributed by atoms with Crippen molar-refractivity contribution in [3.8, 4) is 11.5 Å². The number of carbonyl (C=O) groups excluding carboxylic acids is 1. The van der Waals surface area contributed by atoms with E-state index < -0.39 is 6.04 Å². The number of hydrogen-bond donors (Lipinski definition) is 1.